The topological polar surface area (TPSA) is 109 Å². The SMILES string of the molecule is Cc1nonc1CNC(=O)C1CCCN(c2cccc3c2C(=O)N(C2CCCCCCC2)C3=O)C1. The summed E-state index contributed by atoms with van der Waals surface area (Å²) in [6.07, 6.45) is 9.03. The largest absolute Gasteiger partial charge is 0.370 e. The van der Waals surface area contributed by atoms with Crippen molar-refractivity contribution in [3.05, 3.63) is 40.7 Å². The van der Waals surface area contributed by atoms with Crippen molar-refractivity contribution in [1.82, 2.24) is 20.5 Å². The fraction of sp³-hybridized carbons (Fsp3) is 0.577. The van der Waals surface area contributed by atoms with Gasteiger partial charge in [-0.2, -0.15) is 0 Å². The molecule has 1 aromatic heterocycles. The molecule has 5 rings (SSSR count). The van der Waals surface area contributed by atoms with Crippen molar-refractivity contribution in [1.29, 1.82) is 0 Å². The molecule has 1 N–H and O–H groups in total. The Hall–Kier alpha value is -3.23. The van der Waals surface area contributed by atoms with Gasteiger partial charge in [0.1, 0.15) is 11.4 Å². The predicted octanol–water partition coefficient (Wildman–Crippen LogP) is 3.62. The molecule has 2 aliphatic heterocycles. The van der Waals surface area contributed by atoms with Crippen molar-refractivity contribution < 1.29 is 19.0 Å². The first-order chi connectivity index (χ1) is 17.0. The van der Waals surface area contributed by atoms with E-state index < -0.39 is 0 Å². The lowest BCUT2D eigenvalue weighted by Crippen LogP contribution is -2.44. The summed E-state index contributed by atoms with van der Waals surface area (Å²) in [6, 6.07) is 5.51. The highest BCUT2D eigenvalue weighted by molar-refractivity contribution is 6.24. The van der Waals surface area contributed by atoms with Crippen molar-refractivity contribution in [2.45, 2.75) is 77.3 Å². The summed E-state index contributed by atoms with van der Waals surface area (Å²) in [5, 5.41) is 10.5. The minimum Gasteiger partial charge on any atom is -0.370 e. The van der Waals surface area contributed by atoms with Crippen molar-refractivity contribution in [3.8, 4) is 0 Å². The Labute approximate surface area is 205 Å². The summed E-state index contributed by atoms with van der Waals surface area (Å²) >= 11 is 0. The van der Waals surface area contributed by atoms with Crippen molar-refractivity contribution in [3.63, 3.8) is 0 Å². The first-order valence-corrected chi connectivity index (χ1v) is 12.9. The van der Waals surface area contributed by atoms with E-state index in [0.717, 1.165) is 63.6 Å². The molecule has 2 aromatic rings. The molecule has 1 aliphatic carbocycles. The number of hydrogen-bond donors (Lipinski definition) is 1. The van der Waals surface area contributed by atoms with Gasteiger partial charge in [-0.05, 0) is 44.7 Å². The fourth-order valence-electron chi connectivity index (χ4n) is 5.71. The summed E-state index contributed by atoms with van der Waals surface area (Å²) in [6.45, 7) is 3.31. The summed E-state index contributed by atoms with van der Waals surface area (Å²) in [5.74, 6) is -0.607. The first-order valence-electron chi connectivity index (χ1n) is 12.9. The molecule has 9 nitrogen and oxygen atoms in total. The minimum atomic E-state index is -0.214. The second kappa shape index (κ2) is 10.2. The third-order valence-electron chi connectivity index (χ3n) is 7.67. The number of amides is 3. The molecule has 0 bridgehead atoms. The third-order valence-corrected chi connectivity index (χ3v) is 7.67. The monoisotopic (exact) mass is 479 g/mol. The highest BCUT2D eigenvalue weighted by atomic mass is 16.6. The van der Waals surface area contributed by atoms with Gasteiger partial charge in [0.25, 0.3) is 11.8 Å². The molecule has 35 heavy (non-hydrogen) atoms. The standard InChI is InChI=1S/C26H33N5O4/c1-17-21(29-35-28-17)15-27-24(32)18-9-8-14-30(16-18)22-13-7-12-20-23(22)26(34)31(25(20)33)19-10-5-3-2-4-6-11-19/h7,12-13,18-19H,2-6,8-11,14-16H2,1H3,(H,27,32). The molecule has 1 saturated carbocycles. The van der Waals surface area contributed by atoms with Crippen LogP contribution in [0.5, 0.6) is 0 Å². The van der Waals surface area contributed by atoms with E-state index in [0.29, 0.717) is 29.1 Å². The number of aromatic nitrogens is 2. The summed E-state index contributed by atoms with van der Waals surface area (Å²) < 4.78 is 4.70. The van der Waals surface area contributed by atoms with E-state index in [2.05, 4.69) is 20.5 Å². The highest BCUT2D eigenvalue weighted by Gasteiger charge is 2.42. The number of nitrogens with one attached hydrogen (secondary N) is 1. The first kappa shape index (κ1) is 23.5. The molecule has 186 valence electrons. The maximum Gasteiger partial charge on any atom is 0.263 e. The molecule has 1 unspecified atom stereocenters. The zero-order valence-electron chi connectivity index (χ0n) is 20.3. The number of hydrogen-bond acceptors (Lipinski definition) is 7. The van der Waals surface area contributed by atoms with Crippen LogP contribution < -0.4 is 10.2 Å². The maximum atomic E-state index is 13.6. The zero-order chi connectivity index (χ0) is 24.4. The number of imide groups is 1. The van der Waals surface area contributed by atoms with E-state index in [-0.39, 0.29) is 36.2 Å². The van der Waals surface area contributed by atoms with E-state index >= 15 is 0 Å². The third kappa shape index (κ3) is 4.68. The molecular weight excluding hydrogens is 446 g/mol. The smallest absolute Gasteiger partial charge is 0.263 e. The van der Waals surface area contributed by atoms with Crippen LogP contribution in [0.15, 0.2) is 22.8 Å². The van der Waals surface area contributed by atoms with Gasteiger partial charge < -0.3 is 10.2 Å². The maximum absolute atomic E-state index is 13.6. The fourth-order valence-corrected chi connectivity index (χ4v) is 5.71. The molecule has 1 atom stereocenters. The number of aryl methyl sites for hydroxylation is 1. The van der Waals surface area contributed by atoms with Gasteiger partial charge in [0.05, 0.1) is 29.3 Å². The quantitative estimate of drug-likeness (QED) is 0.653. The van der Waals surface area contributed by atoms with E-state index in [9.17, 15) is 14.4 Å². The van der Waals surface area contributed by atoms with Gasteiger partial charge in [0.15, 0.2) is 0 Å². The lowest BCUT2D eigenvalue weighted by atomic mass is 9.95. The normalized spacial score (nSPS) is 21.6. The second-order valence-corrected chi connectivity index (χ2v) is 9.98. The number of fused-ring (bicyclic) bond motifs is 1. The Bertz CT molecular complexity index is 1100. The molecule has 2 fully saturated rings. The number of piperidine rings is 1. The molecule has 3 heterocycles. The molecule has 3 aliphatic rings. The number of benzene rings is 1. The van der Waals surface area contributed by atoms with E-state index in [4.69, 9.17) is 4.63 Å². The lowest BCUT2D eigenvalue weighted by Gasteiger charge is -2.34. The van der Waals surface area contributed by atoms with Crippen LogP contribution in [0.1, 0.15) is 89.9 Å². The molecule has 9 heteroatoms. The Kier molecular flexibility index (Phi) is 6.83. The number of rotatable bonds is 5. The Balaban J connectivity index is 1.32. The van der Waals surface area contributed by atoms with E-state index in [1.165, 1.54) is 11.3 Å². The molecular formula is C26H33N5O4. The molecule has 0 radical (unpaired) electrons. The second-order valence-electron chi connectivity index (χ2n) is 9.98. The Morgan fingerprint density at radius 1 is 1.03 bits per heavy atom. The highest BCUT2D eigenvalue weighted by Crippen LogP contribution is 2.36. The summed E-state index contributed by atoms with van der Waals surface area (Å²) in [5.41, 5.74) is 3.04. The van der Waals surface area contributed by atoms with Crippen LogP contribution in [-0.2, 0) is 11.3 Å². The molecule has 0 spiro atoms. The molecule has 1 aromatic carbocycles. The summed E-state index contributed by atoms with van der Waals surface area (Å²) in [4.78, 5) is 43.5. The van der Waals surface area contributed by atoms with Crippen LogP contribution in [0.4, 0.5) is 5.69 Å². The average molecular weight is 480 g/mol. The van der Waals surface area contributed by atoms with Gasteiger partial charge in [-0.3, -0.25) is 19.3 Å². The van der Waals surface area contributed by atoms with E-state index in [1.807, 2.05) is 12.1 Å². The van der Waals surface area contributed by atoms with Gasteiger partial charge in [0.2, 0.25) is 5.91 Å². The van der Waals surface area contributed by atoms with Crippen LogP contribution in [0.2, 0.25) is 0 Å². The lowest BCUT2D eigenvalue weighted by molar-refractivity contribution is -0.125. The molecule has 1 saturated heterocycles. The Morgan fingerprint density at radius 3 is 2.54 bits per heavy atom. The minimum absolute atomic E-state index is 0.0232. The van der Waals surface area contributed by atoms with Gasteiger partial charge in [-0.1, -0.05) is 48.5 Å². The van der Waals surface area contributed by atoms with Crippen molar-refractivity contribution in [2.75, 3.05) is 18.0 Å². The van der Waals surface area contributed by atoms with Crippen LogP contribution >= 0.6 is 0 Å². The van der Waals surface area contributed by atoms with Crippen LogP contribution in [0.3, 0.4) is 0 Å². The average Bonchev–Trinajstić information content (AvgIpc) is 3.38. The van der Waals surface area contributed by atoms with E-state index in [1.54, 1.807) is 13.0 Å². The van der Waals surface area contributed by atoms with Crippen LogP contribution in [-0.4, -0.2) is 52.1 Å². The molecule has 3 amide bonds. The van der Waals surface area contributed by atoms with Crippen molar-refractivity contribution in [2.24, 2.45) is 5.92 Å². The van der Waals surface area contributed by atoms with Crippen molar-refractivity contribution >= 4 is 23.4 Å². The van der Waals surface area contributed by atoms with Gasteiger partial charge >= 0.3 is 0 Å². The predicted molar refractivity (Wildman–Crippen MR) is 129 cm³/mol. The summed E-state index contributed by atoms with van der Waals surface area (Å²) in [7, 11) is 0. The van der Waals surface area contributed by atoms with Crippen LogP contribution in [0.25, 0.3) is 0 Å². The number of carbonyl (C=O) groups is 3. The van der Waals surface area contributed by atoms with Gasteiger partial charge in [-0.25, -0.2) is 4.63 Å². The number of nitrogens with zero attached hydrogens (tertiary/aromatic N) is 4. The number of anilines is 1. The Morgan fingerprint density at radius 2 is 1.80 bits per heavy atom. The zero-order valence-corrected chi connectivity index (χ0v) is 20.3. The van der Waals surface area contributed by atoms with Gasteiger partial charge in [-0.15, -0.1) is 0 Å². The van der Waals surface area contributed by atoms with Crippen LogP contribution in [0, 0.1) is 12.8 Å². The number of carbonyl (C=O) groups excluding carboxylic acids is 3. The van der Waals surface area contributed by atoms with Gasteiger partial charge in [0, 0.05) is 19.1 Å².